The van der Waals surface area contributed by atoms with Gasteiger partial charge < -0.3 is 25.8 Å². The highest BCUT2D eigenvalue weighted by Gasteiger charge is 2.39. The number of fused-ring (bicyclic) bond motifs is 2. The molecule has 204 valence electrons. The monoisotopic (exact) mass is 546 g/mol. The number of nitrogens with zero attached hydrogens (tertiary/aromatic N) is 2. The number of hydrogen-bond donors (Lipinski definition) is 3. The summed E-state index contributed by atoms with van der Waals surface area (Å²) in [4.78, 5) is 19.4. The lowest BCUT2D eigenvalue weighted by molar-refractivity contribution is -0.123. The van der Waals surface area contributed by atoms with Gasteiger partial charge in [-0.15, -0.1) is 0 Å². The second-order valence-electron chi connectivity index (χ2n) is 10.9. The van der Waals surface area contributed by atoms with E-state index in [0.29, 0.717) is 24.5 Å². The number of likely N-dealkylation sites (tertiary alicyclic amines) is 1. The van der Waals surface area contributed by atoms with Gasteiger partial charge in [0.2, 0.25) is 5.91 Å². The average Bonchev–Trinajstić information content (AvgIpc) is 3.07. The van der Waals surface area contributed by atoms with E-state index in [4.69, 9.17) is 22.1 Å². The van der Waals surface area contributed by atoms with Gasteiger partial charge in [-0.1, -0.05) is 29.8 Å². The van der Waals surface area contributed by atoms with Crippen molar-refractivity contribution in [2.75, 3.05) is 25.0 Å². The molecular formula is C31H35ClN4O3. The normalized spacial score (nSPS) is 18.0. The summed E-state index contributed by atoms with van der Waals surface area (Å²) in [5, 5.41) is 14.7. The molecule has 0 radical (unpaired) electrons. The highest BCUT2D eigenvalue weighted by molar-refractivity contribution is 6.30. The van der Waals surface area contributed by atoms with Crippen LogP contribution in [0.1, 0.15) is 55.5 Å². The van der Waals surface area contributed by atoms with E-state index in [0.717, 1.165) is 65.4 Å². The minimum Gasteiger partial charge on any atom is -0.487 e. The van der Waals surface area contributed by atoms with E-state index in [1.165, 1.54) is 0 Å². The summed E-state index contributed by atoms with van der Waals surface area (Å²) < 4.78 is 6.12. The fourth-order valence-corrected chi connectivity index (χ4v) is 5.47. The lowest BCUT2D eigenvalue weighted by atomic mass is 9.86. The number of nitrogens with two attached hydrogens (primary N) is 1. The van der Waals surface area contributed by atoms with Crippen molar-refractivity contribution in [2.24, 2.45) is 5.73 Å². The van der Waals surface area contributed by atoms with Crippen molar-refractivity contribution in [2.45, 2.75) is 50.9 Å². The molecule has 0 aliphatic carbocycles. The molecule has 0 atom stereocenters. The Balaban J connectivity index is 1.33. The second-order valence-corrected chi connectivity index (χ2v) is 11.3. The quantitative estimate of drug-likeness (QED) is 0.381. The predicted molar refractivity (Wildman–Crippen MR) is 155 cm³/mol. The molecule has 0 bridgehead atoms. The van der Waals surface area contributed by atoms with Crippen LogP contribution in [-0.4, -0.2) is 46.1 Å². The number of aliphatic hydroxyl groups is 1. The highest BCUT2D eigenvalue weighted by atomic mass is 35.5. The van der Waals surface area contributed by atoms with E-state index >= 15 is 0 Å². The summed E-state index contributed by atoms with van der Waals surface area (Å²) in [5.41, 5.74) is 9.75. The number of nitrogens with one attached hydrogen (secondary N) is 1. The molecule has 0 unspecified atom stereocenters. The lowest BCUT2D eigenvalue weighted by Crippen LogP contribution is -2.57. The van der Waals surface area contributed by atoms with Gasteiger partial charge in [-0.25, -0.2) is 0 Å². The first-order valence-corrected chi connectivity index (χ1v) is 13.7. The number of ether oxygens (including phenoxy) is 1. The number of piperidine rings is 1. The summed E-state index contributed by atoms with van der Waals surface area (Å²) in [5.74, 6) is 0.450. The summed E-state index contributed by atoms with van der Waals surface area (Å²) in [7, 11) is 0. The smallest absolute Gasteiger partial charge is 0.243 e. The van der Waals surface area contributed by atoms with Crippen LogP contribution in [0.2, 0.25) is 5.02 Å². The first-order chi connectivity index (χ1) is 18.6. The third-order valence-electron chi connectivity index (χ3n) is 7.72. The van der Waals surface area contributed by atoms with Crippen molar-refractivity contribution < 1.29 is 14.6 Å². The number of carbonyl (C=O) groups excluding carboxylic acids is 1. The Morgan fingerprint density at radius 2 is 1.92 bits per heavy atom. The van der Waals surface area contributed by atoms with Crippen LogP contribution in [0.4, 0.5) is 5.69 Å². The first kappa shape index (κ1) is 27.2. The minimum atomic E-state index is -0.967. The number of halogens is 1. The van der Waals surface area contributed by atoms with Gasteiger partial charge in [0.1, 0.15) is 17.9 Å². The van der Waals surface area contributed by atoms with Crippen LogP contribution >= 0.6 is 11.6 Å². The number of pyridine rings is 1. The summed E-state index contributed by atoms with van der Waals surface area (Å²) in [6.07, 6.45) is 6.09. The maximum absolute atomic E-state index is 12.5. The number of anilines is 1. The molecule has 1 amide bonds. The molecule has 2 aromatic carbocycles. The van der Waals surface area contributed by atoms with Crippen molar-refractivity contribution in [1.29, 1.82) is 0 Å². The second kappa shape index (κ2) is 11.0. The zero-order valence-electron chi connectivity index (χ0n) is 22.4. The molecule has 8 heteroatoms. The Kier molecular flexibility index (Phi) is 7.67. The van der Waals surface area contributed by atoms with Gasteiger partial charge in [-0.2, -0.15) is 0 Å². The number of benzene rings is 2. The van der Waals surface area contributed by atoms with Crippen LogP contribution in [0.25, 0.3) is 5.57 Å². The third kappa shape index (κ3) is 5.96. The number of aromatic nitrogens is 1. The van der Waals surface area contributed by atoms with Crippen LogP contribution < -0.4 is 15.8 Å². The summed E-state index contributed by atoms with van der Waals surface area (Å²) in [6, 6.07) is 17.2. The first-order valence-electron chi connectivity index (χ1n) is 13.4. The molecule has 7 nitrogen and oxygen atoms in total. The zero-order valence-corrected chi connectivity index (χ0v) is 23.2. The van der Waals surface area contributed by atoms with Crippen LogP contribution in [0.3, 0.4) is 0 Å². The zero-order chi connectivity index (χ0) is 27.6. The maximum atomic E-state index is 12.5. The number of primary amides is 1. The number of amides is 1. The van der Waals surface area contributed by atoms with Crippen molar-refractivity contribution in [3.05, 3.63) is 94.3 Å². The topological polar surface area (TPSA) is 101 Å². The van der Waals surface area contributed by atoms with Crippen LogP contribution in [-0.2, 0) is 17.0 Å². The molecular weight excluding hydrogens is 512 g/mol. The van der Waals surface area contributed by atoms with Crippen molar-refractivity contribution in [1.82, 2.24) is 9.88 Å². The molecule has 1 aromatic heterocycles. The molecule has 2 aliphatic rings. The number of carbonyl (C=O) groups is 1. The van der Waals surface area contributed by atoms with E-state index < -0.39 is 11.1 Å². The predicted octanol–water partition coefficient (Wildman–Crippen LogP) is 5.11. The summed E-state index contributed by atoms with van der Waals surface area (Å²) >= 11 is 6.02. The average molecular weight is 547 g/mol. The Bertz CT molecular complexity index is 1370. The fourth-order valence-electron chi connectivity index (χ4n) is 5.35. The molecule has 39 heavy (non-hydrogen) atoms. The molecule has 5 rings (SSSR count). The van der Waals surface area contributed by atoms with E-state index in [1.807, 2.05) is 36.4 Å². The van der Waals surface area contributed by atoms with E-state index in [2.05, 4.69) is 27.3 Å². The fraction of sp³-hybridized carbons (Fsp3) is 0.355. The van der Waals surface area contributed by atoms with Gasteiger partial charge in [0.15, 0.2) is 0 Å². The molecule has 3 heterocycles. The Morgan fingerprint density at radius 1 is 1.18 bits per heavy atom. The Hall–Kier alpha value is -3.39. The summed E-state index contributed by atoms with van der Waals surface area (Å²) in [6.45, 7) is 6.33. The highest BCUT2D eigenvalue weighted by Crippen LogP contribution is 2.38. The van der Waals surface area contributed by atoms with Crippen LogP contribution in [0.15, 0.2) is 66.9 Å². The van der Waals surface area contributed by atoms with Gasteiger partial charge >= 0.3 is 0 Å². The van der Waals surface area contributed by atoms with Crippen molar-refractivity contribution in [3.8, 4) is 5.75 Å². The molecule has 0 spiro atoms. The van der Waals surface area contributed by atoms with Gasteiger partial charge in [0.25, 0.3) is 0 Å². The number of rotatable bonds is 7. The van der Waals surface area contributed by atoms with E-state index in [-0.39, 0.29) is 5.91 Å². The van der Waals surface area contributed by atoms with E-state index in [9.17, 15) is 9.90 Å². The molecule has 2 aliphatic heterocycles. The van der Waals surface area contributed by atoms with Crippen molar-refractivity contribution >= 4 is 28.8 Å². The van der Waals surface area contributed by atoms with E-state index in [1.54, 1.807) is 32.2 Å². The van der Waals surface area contributed by atoms with Crippen LogP contribution in [0, 0.1) is 0 Å². The third-order valence-corrected chi connectivity index (χ3v) is 7.98. The van der Waals surface area contributed by atoms with Gasteiger partial charge in [-0.3, -0.25) is 9.78 Å². The molecule has 0 saturated carbocycles. The number of hydrogen-bond acceptors (Lipinski definition) is 6. The lowest BCUT2D eigenvalue weighted by Gasteiger charge is -2.40. The van der Waals surface area contributed by atoms with Gasteiger partial charge in [-0.05, 0) is 86.7 Å². The minimum absolute atomic E-state index is 0.332. The maximum Gasteiger partial charge on any atom is 0.243 e. The van der Waals surface area contributed by atoms with Crippen molar-refractivity contribution in [3.63, 3.8) is 0 Å². The largest absolute Gasteiger partial charge is 0.487 e. The molecule has 1 saturated heterocycles. The Labute approximate surface area is 234 Å². The van der Waals surface area contributed by atoms with Crippen LogP contribution in [0.5, 0.6) is 5.75 Å². The molecule has 1 fully saturated rings. The standard InChI is InChI=1S/C31H35ClN4O3/c1-30(2,38)21-7-12-28-26(19-21)24(25-5-3-15-34-27(25)20-39-28)6-4-16-36-17-13-31(14-18-36,29(33)37)35-23-10-8-22(32)9-11-23/h3,5-12,15,19,35,38H,4,13-14,16-18,20H2,1-2H3,(H2,33,37). The Morgan fingerprint density at radius 3 is 2.62 bits per heavy atom. The van der Waals surface area contributed by atoms with Gasteiger partial charge in [0, 0.05) is 47.7 Å². The SMILES string of the molecule is CC(C)(O)c1ccc2c(c1)C(=CCCN1CCC(Nc3ccc(Cl)cc3)(C(N)=O)CC1)c1cccnc1CO2. The molecule has 4 N–H and O–H groups in total. The molecule has 3 aromatic rings. The van der Waals surface area contributed by atoms with Gasteiger partial charge in [0.05, 0.1) is 11.3 Å².